The number of hydrogen-bond donors (Lipinski definition) is 1. The first-order valence-corrected chi connectivity index (χ1v) is 12.2. The number of pyridine rings is 2. The number of nitrogens with zero attached hydrogens (tertiary/aromatic N) is 4. The van der Waals surface area contributed by atoms with Crippen molar-refractivity contribution in [3.05, 3.63) is 89.5 Å². The van der Waals surface area contributed by atoms with Gasteiger partial charge in [-0.05, 0) is 36.4 Å². The summed E-state index contributed by atoms with van der Waals surface area (Å²) < 4.78 is 12.1. The summed E-state index contributed by atoms with van der Waals surface area (Å²) in [6.45, 7) is 0. The van der Waals surface area contributed by atoms with Crippen molar-refractivity contribution in [2.24, 2.45) is 0 Å². The largest absolute Gasteiger partial charge is 0.495 e. The molecule has 0 aliphatic heterocycles. The molecule has 0 spiro atoms. The van der Waals surface area contributed by atoms with Crippen LogP contribution in [0, 0.1) is 0 Å². The lowest BCUT2D eigenvalue weighted by Gasteiger charge is -2.12. The summed E-state index contributed by atoms with van der Waals surface area (Å²) in [5.74, 6) is 2.60. The zero-order chi connectivity index (χ0) is 24.5. The number of methoxy groups -OCH3 is 1. The normalized spacial score (nSPS) is 11.1. The van der Waals surface area contributed by atoms with Gasteiger partial charge in [-0.25, -0.2) is 4.98 Å². The summed E-state index contributed by atoms with van der Waals surface area (Å²) in [6, 6.07) is 23.1. The molecule has 0 aliphatic rings. The van der Waals surface area contributed by atoms with Crippen LogP contribution in [0.2, 0.25) is 4.34 Å². The van der Waals surface area contributed by atoms with E-state index in [0.29, 0.717) is 34.1 Å². The molecule has 4 aromatic heterocycles. The Labute approximate surface area is 215 Å². The zero-order valence-electron chi connectivity index (χ0n) is 19.0. The molecule has 9 heteroatoms. The van der Waals surface area contributed by atoms with E-state index in [0.717, 1.165) is 31.4 Å². The van der Waals surface area contributed by atoms with Gasteiger partial charge in [-0.15, -0.1) is 21.5 Å². The first-order chi connectivity index (χ1) is 17.7. The minimum atomic E-state index is 0.615. The van der Waals surface area contributed by atoms with Gasteiger partial charge in [-0.2, -0.15) is 0 Å². The van der Waals surface area contributed by atoms with Gasteiger partial charge < -0.3 is 14.8 Å². The number of thiophene rings is 1. The summed E-state index contributed by atoms with van der Waals surface area (Å²) >= 11 is 7.63. The lowest BCUT2D eigenvalue weighted by Crippen LogP contribution is -1.99. The van der Waals surface area contributed by atoms with E-state index in [9.17, 15) is 0 Å². The van der Waals surface area contributed by atoms with Crippen LogP contribution in [-0.4, -0.2) is 27.3 Å². The standard InChI is InChI=1S/C27H18ClN5O2S/c1-34-18-14-21-26(30-15-18)22(12-13-29-21)35-17-8-6-16(7-9-17)31-27-20-5-3-2-4-19(20)25(32-33-27)23-10-11-24(28)36-23/h2-15H,1H3,(H,31,33). The lowest BCUT2D eigenvalue weighted by atomic mass is 10.1. The fourth-order valence-electron chi connectivity index (χ4n) is 3.87. The Bertz CT molecular complexity index is 1700. The van der Waals surface area contributed by atoms with Gasteiger partial charge >= 0.3 is 0 Å². The van der Waals surface area contributed by atoms with Gasteiger partial charge in [0.15, 0.2) is 11.6 Å². The van der Waals surface area contributed by atoms with Crippen molar-refractivity contribution in [1.82, 2.24) is 20.2 Å². The van der Waals surface area contributed by atoms with Crippen LogP contribution in [0.15, 0.2) is 85.2 Å². The number of aromatic nitrogens is 4. The van der Waals surface area contributed by atoms with Crippen molar-refractivity contribution in [3.8, 4) is 27.8 Å². The Hall–Kier alpha value is -4.27. The Morgan fingerprint density at radius 3 is 2.47 bits per heavy atom. The van der Waals surface area contributed by atoms with E-state index < -0.39 is 0 Å². The van der Waals surface area contributed by atoms with E-state index >= 15 is 0 Å². The van der Waals surface area contributed by atoms with Crippen molar-refractivity contribution in [3.63, 3.8) is 0 Å². The maximum atomic E-state index is 6.14. The van der Waals surface area contributed by atoms with Gasteiger partial charge in [0.05, 0.1) is 28.0 Å². The summed E-state index contributed by atoms with van der Waals surface area (Å²) in [7, 11) is 1.60. The van der Waals surface area contributed by atoms with Crippen LogP contribution < -0.4 is 14.8 Å². The minimum Gasteiger partial charge on any atom is -0.495 e. The molecule has 176 valence electrons. The lowest BCUT2D eigenvalue weighted by molar-refractivity contribution is 0.413. The number of hydrogen-bond acceptors (Lipinski definition) is 8. The number of benzene rings is 2. The Morgan fingerprint density at radius 2 is 1.69 bits per heavy atom. The first-order valence-electron chi connectivity index (χ1n) is 11.0. The number of halogens is 1. The molecule has 36 heavy (non-hydrogen) atoms. The Morgan fingerprint density at radius 1 is 0.861 bits per heavy atom. The monoisotopic (exact) mass is 511 g/mol. The number of fused-ring (bicyclic) bond motifs is 2. The number of anilines is 2. The molecule has 6 rings (SSSR count). The van der Waals surface area contributed by atoms with Gasteiger partial charge in [-0.3, -0.25) is 4.98 Å². The van der Waals surface area contributed by atoms with Gasteiger partial charge in [0.2, 0.25) is 0 Å². The van der Waals surface area contributed by atoms with Crippen LogP contribution in [0.4, 0.5) is 11.5 Å². The highest BCUT2D eigenvalue weighted by molar-refractivity contribution is 7.19. The summed E-state index contributed by atoms with van der Waals surface area (Å²) in [5, 5.41) is 14.3. The third-order valence-electron chi connectivity index (χ3n) is 5.59. The van der Waals surface area contributed by atoms with E-state index in [1.807, 2.05) is 66.7 Å². The predicted molar refractivity (Wildman–Crippen MR) is 144 cm³/mol. The van der Waals surface area contributed by atoms with E-state index in [1.54, 1.807) is 25.6 Å². The average molecular weight is 512 g/mol. The second-order valence-electron chi connectivity index (χ2n) is 7.85. The maximum Gasteiger partial charge on any atom is 0.161 e. The molecule has 0 radical (unpaired) electrons. The topological polar surface area (TPSA) is 82.0 Å². The van der Waals surface area contributed by atoms with Crippen molar-refractivity contribution < 1.29 is 9.47 Å². The smallest absolute Gasteiger partial charge is 0.161 e. The highest BCUT2D eigenvalue weighted by Gasteiger charge is 2.13. The third kappa shape index (κ3) is 4.28. The average Bonchev–Trinajstić information content (AvgIpc) is 3.35. The molecule has 0 aliphatic carbocycles. The highest BCUT2D eigenvalue weighted by Crippen LogP contribution is 2.36. The van der Waals surface area contributed by atoms with Gasteiger partial charge in [0, 0.05) is 34.8 Å². The maximum absolute atomic E-state index is 6.14. The molecule has 0 amide bonds. The highest BCUT2D eigenvalue weighted by atomic mass is 35.5. The number of nitrogens with one attached hydrogen (secondary N) is 1. The number of ether oxygens (including phenoxy) is 2. The van der Waals surface area contributed by atoms with E-state index in [2.05, 4.69) is 25.5 Å². The molecule has 0 atom stereocenters. The van der Waals surface area contributed by atoms with Crippen molar-refractivity contribution in [1.29, 1.82) is 0 Å². The molecule has 0 unspecified atom stereocenters. The van der Waals surface area contributed by atoms with Crippen LogP contribution in [0.1, 0.15) is 0 Å². The van der Waals surface area contributed by atoms with E-state index in [4.69, 9.17) is 21.1 Å². The van der Waals surface area contributed by atoms with Gasteiger partial charge in [0.25, 0.3) is 0 Å². The second kappa shape index (κ2) is 9.41. The van der Waals surface area contributed by atoms with E-state index in [1.165, 1.54) is 11.3 Å². The molecule has 1 N–H and O–H groups in total. The van der Waals surface area contributed by atoms with Crippen LogP contribution in [0.5, 0.6) is 17.2 Å². The summed E-state index contributed by atoms with van der Waals surface area (Å²) in [5.41, 5.74) is 3.03. The van der Waals surface area contributed by atoms with Crippen LogP contribution >= 0.6 is 22.9 Å². The van der Waals surface area contributed by atoms with Crippen molar-refractivity contribution in [2.75, 3.05) is 12.4 Å². The molecule has 6 aromatic rings. The van der Waals surface area contributed by atoms with Crippen molar-refractivity contribution >= 4 is 56.2 Å². The molecule has 7 nitrogen and oxygen atoms in total. The molecule has 4 heterocycles. The molecule has 0 bridgehead atoms. The predicted octanol–water partition coefficient (Wildman–Crippen LogP) is 7.50. The Balaban J connectivity index is 1.26. The molecular formula is C27H18ClN5O2S. The third-order valence-corrected chi connectivity index (χ3v) is 6.83. The van der Waals surface area contributed by atoms with E-state index in [-0.39, 0.29) is 0 Å². The minimum absolute atomic E-state index is 0.615. The van der Waals surface area contributed by atoms with Gasteiger partial charge in [0.1, 0.15) is 22.7 Å². The summed E-state index contributed by atoms with van der Waals surface area (Å²) in [6.07, 6.45) is 3.33. The Kier molecular flexibility index (Phi) is 5.80. The molecule has 0 fully saturated rings. The SMILES string of the molecule is COc1cnc2c(Oc3ccc(Nc4nnc(-c5ccc(Cl)s5)c5ccccc45)cc3)ccnc2c1. The van der Waals surface area contributed by atoms with Crippen LogP contribution in [0.3, 0.4) is 0 Å². The fraction of sp³-hybridized carbons (Fsp3) is 0.0370. The fourth-order valence-corrected chi connectivity index (χ4v) is 4.91. The quantitative estimate of drug-likeness (QED) is 0.248. The molecule has 0 saturated carbocycles. The van der Waals surface area contributed by atoms with Crippen LogP contribution in [0.25, 0.3) is 32.4 Å². The van der Waals surface area contributed by atoms with Crippen LogP contribution in [-0.2, 0) is 0 Å². The zero-order valence-corrected chi connectivity index (χ0v) is 20.5. The molecular weight excluding hydrogens is 494 g/mol. The van der Waals surface area contributed by atoms with Crippen molar-refractivity contribution in [2.45, 2.75) is 0 Å². The van der Waals surface area contributed by atoms with Gasteiger partial charge in [-0.1, -0.05) is 35.9 Å². The number of rotatable bonds is 6. The first kappa shape index (κ1) is 22.2. The summed E-state index contributed by atoms with van der Waals surface area (Å²) in [4.78, 5) is 9.77. The second-order valence-corrected chi connectivity index (χ2v) is 9.57. The molecule has 2 aromatic carbocycles. The molecule has 0 saturated heterocycles.